The zero-order valence-corrected chi connectivity index (χ0v) is 12.2. The van der Waals surface area contributed by atoms with Crippen LogP contribution in [0.25, 0.3) is 0 Å². The molecule has 1 heterocycles. The summed E-state index contributed by atoms with van der Waals surface area (Å²) in [6.07, 6.45) is 6.38. The maximum Gasteiger partial charge on any atom is 0.135 e. The van der Waals surface area contributed by atoms with Gasteiger partial charge in [-0.05, 0) is 43.4 Å². The number of aromatic nitrogens is 2. The first-order valence-corrected chi connectivity index (χ1v) is 7.49. The van der Waals surface area contributed by atoms with Gasteiger partial charge >= 0.3 is 0 Å². The lowest BCUT2D eigenvalue weighted by atomic mass is 10.1. The molecule has 0 radical (unpaired) electrons. The summed E-state index contributed by atoms with van der Waals surface area (Å²) in [7, 11) is 0. The monoisotopic (exact) mass is 287 g/mol. The number of aryl methyl sites for hydroxylation is 1. The van der Waals surface area contributed by atoms with E-state index in [-0.39, 0.29) is 0 Å². The topological polar surface area (TPSA) is 51.8 Å². The number of hydrogen-bond donors (Lipinski definition) is 1. The van der Waals surface area contributed by atoms with Gasteiger partial charge in [0.15, 0.2) is 0 Å². The van der Waals surface area contributed by atoms with Crippen molar-refractivity contribution in [2.24, 2.45) is 0 Å². The molecule has 1 aromatic heterocycles. The van der Waals surface area contributed by atoms with Gasteiger partial charge in [0, 0.05) is 22.7 Å². The van der Waals surface area contributed by atoms with Crippen LogP contribution in [0.15, 0.2) is 24.3 Å². The summed E-state index contributed by atoms with van der Waals surface area (Å²) in [6, 6.07) is 7.80. The van der Waals surface area contributed by atoms with Crippen LogP contribution >= 0.6 is 11.6 Å². The predicted octanol–water partition coefficient (Wildman–Crippen LogP) is 3.57. The van der Waals surface area contributed by atoms with Crippen LogP contribution < -0.4 is 5.73 Å². The Hall–Kier alpha value is -1.61. The van der Waals surface area contributed by atoms with Crippen LogP contribution in [0.5, 0.6) is 0 Å². The Morgan fingerprint density at radius 2 is 1.75 bits per heavy atom. The molecule has 0 spiro atoms. The third kappa shape index (κ3) is 2.93. The Morgan fingerprint density at radius 1 is 1.00 bits per heavy atom. The number of fused-ring (bicyclic) bond motifs is 1. The third-order valence-electron chi connectivity index (χ3n) is 3.79. The van der Waals surface area contributed by atoms with E-state index in [0.717, 1.165) is 34.9 Å². The zero-order chi connectivity index (χ0) is 13.9. The first kappa shape index (κ1) is 13.4. The molecule has 0 atom stereocenters. The van der Waals surface area contributed by atoms with Crippen molar-refractivity contribution in [2.75, 3.05) is 5.73 Å². The number of benzene rings is 1. The first-order chi connectivity index (χ1) is 9.72. The number of nitrogens with two attached hydrogens (primary N) is 1. The van der Waals surface area contributed by atoms with E-state index in [1.54, 1.807) is 0 Å². The lowest BCUT2D eigenvalue weighted by Gasteiger charge is -2.10. The van der Waals surface area contributed by atoms with Gasteiger partial charge in [-0.3, -0.25) is 0 Å². The molecule has 2 aromatic rings. The number of halogens is 1. The minimum Gasteiger partial charge on any atom is -0.383 e. The van der Waals surface area contributed by atoms with Gasteiger partial charge in [0.2, 0.25) is 0 Å². The first-order valence-electron chi connectivity index (χ1n) is 7.11. The molecule has 1 aliphatic rings. The number of hydrogen-bond acceptors (Lipinski definition) is 3. The van der Waals surface area contributed by atoms with Crippen LogP contribution in [-0.2, 0) is 19.3 Å². The molecule has 0 aliphatic heterocycles. The van der Waals surface area contributed by atoms with Crippen LogP contribution in [-0.4, -0.2) is 9.97 Å². The Kier molecular flexibility index (Phi) is 3.88. The van der Waals surface area contributed by atoms with Gasteiger partial charge in [0.1, 0.15) is 11.6 Å². The molecule has 3 nitrogen and oxygen atoms in total. The second-order valence-corrected chi connectivity index (χ2v) is 5.75. The van der Waals surface area contributed by atoms with E-state index in [1.807, 2.05) is 24.3 Å². The number of anilines is 1. The summed E-state index contributed by atoms with van der Waals surface area (Å²) in [6.45, 7) is 0. The van der Waals surface area contributed by atoms with Gasteiger partial charge < -0.3 is 5.73 Å². The van der Waals surface area contributed by atoms with Gasteiger partial charge in [-0.2, -0.15) is 0 Å². The van der Waals surface area contributed by atoms with Gasteiger partial charge in [-0.1, -0.05) is 30.2 Å². The molecular weight excluding hydrogens is 270 g/mol. The van der Waals surface area contributed by atoms with Crippen LogP contribution in [0.3, 0.4) is 0 Å². The molecule has 4 heteroatoms. The standard InChI is InChI=1S/C16H18ClN3/c17-12-8-6-11(7-9-12)10-15-19-14-5-3-1-2-4-13(14)16(18)20-15/h6-9H,1-5,10H2,(H2,18,19,20). The fourth-order valence-corrected chi connectivity index (χ4v) is 2.84. The van der Waals surface area contributed by atoms with Gasteiger partial charge in [0.05, 0.1) is 0 Å². The molecule has 20 heavy (non-hydrogen) atoms. The second-order valence-electron chi connectivity index (χ2n) is 5.31. The van der Waals surface area contributed by atoms with Crippen molar-refractivity contribution in [3.05, 3.63) is 51.9 Å². The number of rotatable bonds is 2. The van der Waals surface area contributed by atoms with Crippen LogP contribution in [0, 0.1) is 0 Å². The molecule has 0 fully saturated rings. The molecule has 0 saturated heterocycles. The summed E-state index contributed by atoms with van der Waals surface area (Å²) >= 11 is 5.90. The average molecular weight is 288 g/mol. The minimum atomic E-state index is 0.667. The summed E-state index contributed by atoms with van der Waals surface area (Å²) in [4.78, 5) is 9.21. The van der Waals surface area contributed by atoms with Crippen molar-refractivity contribution in [1.82, 2.24) is 9.97 Å². The highest BCUT2D eigenvalue weighted by atomic mass is 35.5. The van der Waals surface area contributed by atoms with E-state index in [1.165, 1.54) is 24.8 Å². The van der Waals surface area contributed by atoms with E-state index >= 15 is 0 Å². The molecule has 0 unspecified atom stereocenters. The summed E-state index contributed by atoms with van der Waals surface area (Å²) in [5.74, 6) is 1.48. The SMILES string of the molecule is Nc1nc(Cc2ccc(Cl)cc2)nc2c1CCCCC2. The number of nitrogen functional groups attached to an aromatic ring is 1. The van der Waals surface area contributed by atoms with Crippen molar-refractivity contribution in [1.29, 1.82) is 0 Å². The maximum absolute atomic E-state index is 6.12. The lowest BCUT2D eigenvalue weighted by Crippen LogP contribution is -2.09. The lowest BCUT2D eigenvalue weighted by molar-refractivity contribution is 0.708. The molecular formula is C16H18ClN3. The molecule has 0 bridgehead atoms. The maximum atomic E-state index is 6.12. The predicted molar refractivity (Wildman–Crippen MR) is 82.0 cm³/mol. The Morgan fingerprint density at radius 3 is 2.55 bits per heavy atom. The fourth-order valence-electron chi connectivity index (χ4n) is 2.72. The van der Waals surface area contributed by atoms with Crippen LogP contribution in [0.4, 0.5) is 5.82 Å². The van der Waals surface area contributed by atoms with Crippen molar-refractivity contribution in [2.45, 2.75) is 38.5 Å². The Labute approximate surface area is 124 Å². The van der Waals surface area contributed by atoms with Crippen LogP contribution in [0.2, 0.25) is 5.02 Å². The van der Waals surface area contributed by atoms with E-state index in [4.69, 9.17) is 22.3 Å². The minimum absolute atomic E-state index is 0.667. The summed E-state index contributed by atoms with van der Waals surface area (Å²) in [5, 5.41) is 0.746. The largest absolute Gasteiger partial charge is 0.383 e. The molecule has 104 valence electrons. The molecule has 2 N–H and O–H groups in total. The summed E-state index contributed by atoms with van der Waals surface area (Å²) < 4.78 is 0. The molecule has 3 rings (SSSR count). The average Bonchev–Trinajstić information content (AvgIpc) is 2.67. The Bertz CT molecular complexity index is 608. The van der Waals surface area contributed by atoms with E-state index in [2.05, 4.69) is 4.98 Å². The van der Waals surface area contributed by atoms with Crippen molar-refractivity contribution < 1.29 is 0 Å². The highest BCUT2D eigenvalue weighted by molar-refractivity contribution is 6.30. The van der Waals surface area contributed by atoms with E-state index in [9.17, 15) is 0 Å². The third-order valence-corrected chi connectivity index (χ3v) is 4.04. The highest BCUT2D eigenvalue weighted by Gasteiger charge is 2.15. The second kappa shape index (κ2) is 5.80. The Balaban J connectivity index is 1.89. The van der Waals surface area contributed by atoms with E-state index < -0.39 is 0 Å². The quantitative estimate of drug-likeness (QED) is 0.859. The van der Waals surface area contributed by atoms with Crippen molar-refractivity contribution >= 4 is 17.4 Å². The molecule has 1 aromatic carbocycles. The summed E-state index contributed by atoms with van der Waals surface area (Å²) in [5.41, 5.74) is 9.59. The zero-order valence-electron chi connectivity index (χ0n) is 11.4. The van der Waals surface area contributed by atoms with E-state index in [0.29, 0.717) is 12.2 Å². The molecule has 1 aliphatic carbocycles. The molecule has 0 saturated carbocycles. The molecule has 0 amide bonds. The smallest absolute Gasteiger partial charge is 0.135 e. The van der Waals surface area contributed by atoms with Gasteiger partial charge in [-0.15, -0.1) is 0 Å². The highest BCUT2D eigenvalue weighted by Crippen LogP contribution is 2.23. The van der Waals surface area contributed by atoms with Crippen molar-refractivity contribution in [3.8, 4) is 0 Å². The van der Waals surface area contributed by atoms with Gasteiger partial charge in [0.25, 0.3) is 0 Å². The van der Waals surface area contributed by atoms with Crippen LogP contribution in [0.1, 0.15) is 41.9 Å². The fraction of sp³-hybridized carbons (Fsp3) is 0.375. The number of nitrogens with zero attached hydrogens (tertiary/aromatic N) is 2. The van der Waals surface area contributed by atoms with Gasteiger partial charge in [-0.25, -0.2) is 9.97 Å². The normalized spacial score (nSPS) is 14.7. The van der Waals surface area contributed by atoms with Crippen molar-refractivity contribution in [3.63, 3.8) is 0 Å².